The first-order chi connectivity index (χ1) is 3.72. The summed E-state index contributed by atoms with van der Waals surface area (Å²) in [7, 11) is 0. The summed E-state index contributed by atoms with van der Waals surface area (Å²) < 4.78 is 4.57. The van der Waals surface area contributed by atoms with E-state index in [1.165, 1.54) is 11.5 Å². The molecule has 0 aliphatic rings. The number of halogens is 1. The van der Waals surface area contributed by atoms with Crippen molar-refractivity contribution >= 4 is 34.1 Å². The first-order valence-corrected chi connectivity index (χ1v) is 3.88. The fourth-order valence-corrected chi connectivity index (χ4v) is 1.42. The topological polar surface area (TPSA) is 33.1 Å². The van der Waals surface area contributed by atoms with Crippen molar-refractivity contribution in [2.45, 2.75) is 6.92 Å². The van der Waals surface area contributed by atoms with Gasteiger partial charge in [0.1, 0.15) is 0 Å². The summed E-state index contributed by atoms with van der Waals surface area (Å²) in [6.45, 7) is 1.93. The Morgan fingerprint density at radius 3 is 2.50 bits per heavy atom. The molecule has 44 valence electrons. The van der Waals surface area contributed by atoms with E-state index in [0.717, 1.165) is 8.45 Å². The molecule has 4 heteroatoms. The summed E-state index contributed by atoms with van der Waals surface area (Å²) in [5, 5.41) is 8.83. The van der Waals surface area contributed by atoms with Crippen molar-refractivity contribution in [3.63, 3.8) is 0 Å². The van der Waals surface area contributed by atoms with E-state index in [2.05, 4.69) is 27.0 Å². The van der Waals surface area contributed by atoms with E-state index in [9.17, 15) is 0 Å². The number of nitrogens with zero attached hydrogens (tertiary/aromatic N) is 1. The molecule has 1 aromatic rings. The highest BCUT2D eigenvalue weighted by molar-refractivity contribution is 14.1. The molecule has 0 atom stereocenters. The molecule has 1 aromatic heterocycles. The third kappa shape index (κ3) is 0.947. The lowest BCUT2D eigenvalue weighted by atomic mass is 10.5. The normalized spacial score (nSPS) is 9.75. The molecule has 1 heterocycles. The molecule has 0 spiro atoms. The monoisotopic (exact) mass is 241 g/mol. The molecular weight excluding hydrogens is 237 g/mol. The summed E-state index contributed by atoms with van der Waals surface area (Å²) in [5.74, 6) is 0.160. The second kappa shape index (κ2) is 2.18. The second-order valence-electron chi connectivity index (χ2n) is 1.38. The van der Waals surface area contributed by atoms with Crippen molar-refractivity contribution in [3.8, 4) is 5.88 Å². The van der Waals surface area contributed by atoms with Gasteiger partial charge in [0.05, 0.1) is 3.57 Å². The smallest absolute Gasteiger partial charge is 0.236 e. The predicted octanol–water partition coefficient (Wildman–Crippen LogP) is 1.76. The van der Waals surface area contributed by atoms with Gasteiger partial charge in [-0.2, -0.15) is 4.37 Å². The zero-order valence-corrected chi connectivity index (χ0v) is 7.15. The number of aromatic hydroxyl groups is 1. The van der Waals surface area contributed by atoms with Crippen molar-refractivity contribution in [3.05, 3.63) is 8.45 Å². The molecule has 0 saturated heterocycles. The van der Waals surface area contributed by atoms with Crippen molar-refractivity contribution in [2.75, 3.05) is 0 Å². The molecule has 0 unspecified atom stereocenters. The molecule has 0 fully saturated rings. The Balaban J connectivity index is 3.19. The summed E-state index contributed by atoms with van der Waals surface area (Å²) >= 11 is 3.39. The van der Waals surface area contributed by atoms with Gasteiger partial charge in [-0.1, -0.05) is 0 Å². The molecule has 0 aromatic carbocycles. The minimum Gasteiger partial charge on any atom is -0.492 e. The fourth-order valence-electron chi connectivity index (χ4n) is 0.349. The quantitative estimate of drug-likeness (QED) is 0.702. The Bertz CT molecular complexity index is 178. The Kier molecular flexibility index (Phi) is 1.71. The highest BCUT2D eigenvalue weighted by Crippen LogP contribution is 2.24. The zero-order valence-electron chi connectivity index (χ0n) is 4.18. The maximum absolute atomic E-state index is 8.83. The van der Waals surface area contributed by atoms with Gasteiger partial charge >= 0.3 is 0 Å². The molecule has 0 aliphatic heterocycles. The minimum atomic E-state index is 0.160. The first kappa shape index (κ1) is 6.28. The molecule has 0 radical (unpaired) electrons. The van der Waals surface area contributed by atoms with Crippen LogP contribution in [0.5, 0.6) is 5.88 Å². The van der Waals surface area contributed by atoms with Gasteiger partial charge in [-0.25, -0.2) is 0 Å². The molecule has 2 nitrogen and oxygen atoms in total. The Hall–Kier alpha value is 0.160. The molecule has 1 N–H and O–H groups in total. The summed E-state index contributed by atoms with van der Waals surface area (Å²) in [6, 6.07) is 0. The Morgan fingerprint density at radius 2 is 2.38 bits per heavy atom. The van der Waals surface area contributed by atoms with E-state index in [1.54, 1.807) is 0 Å². The summed E-state index contributed by atoms with van der Waals surface area (Å²) in [5.41, 5.74) is 0. The summed E-state index contributed by atoms with van der Waals surface area (Å²) in [4.78, 5) is 1.07. The third-order valence-corrected chi connectivity index (χ3v) is 3.17. The van der Waals surface area contributed by atoms with Crippen molar-refractivity contribution in [1.29, 1.82) is 0 Å². The summed E-state index contributed by atoms with van der Waals surface area (Å²) in [6.07, 6.45) is 0. The SMILES string of the molecule is Cc1snc(O)c1I. The highest BCUT2D eigenvalue weighted by Gasteiger charge is 2.02. The number of hydrogen-bond acceptors (Lipinski definition) is 3. The fraction of sp³-hybridized carbons (Fsp3) is 0.250. The first-order valence-electron chi connectivity index (χ1n) is 2.02. The van der Waals surface area contributed by atoms with Crippen LogP contribution in [0.1, 0.15) is 4.88 Å². The minimum absolute atomic E-state index is 0.160. The molecule has 8 heavy (non-hydrogen) atoms. The number of aromatic nitrogens is 1. The van der Waals surface area contributed by atoms with E-state index in [4.69, 9.17) is 5.11 Å². The third-order valence-electron chi connectivity index (χ3n) is 0.774. The van der Waals surface area contributed by atoms with Crippen LogP contribution in [0.4, 0.5) is 0 Å². The van der Waals surface area contributed by atoms with Gasteiger partial charge in [-0.3, -0.25) is 0 Å². The predicted molar refractivity (Wildman–Crippen MR) is 41.2 cm³/mol. The van der Waals surface area contributed by atoms with Gasteiger partial charge in [0, 0.05) is 4.88 Å². The average molecular weight is 241 g/mol. The van der Waals surface area contributed by atoms with Crippen molar-refractivity contribution in [2.24, 2.45) is 0 Å². The van der Waals surface area contributed by atoms with E-state index in [-0.39, 0.29) is 5.88 Å². The molecular formula is C4H4INOS. The number of hydrogen-bond donors (Lipinski definition) is 1. The van der Waals surface area contributed by atoms with Gasteiger partial charge < -0.3 is 5.11 Å². The van der Waals surface area contributed by atoms with Crippen LogP contribution in [0.15, 0.2) is 0 Å². The zero-order chi connectivity index (χ0) is 6.15. The van der Waals surface area contributed by atoms with Crippen LogP contribution < -0.4 is 0 Å². The van der Waals surface area contributed by atoms with Crippen LogP contribution in [-0.4, -0.2) is 9.48 Å². The lowest BCUT2D eigenvalue weighted by molar-refractivity contribution is 0.456. The van der Waals surface area contributed by atoms with Crippen molar-refractivity contribution in [1.82, 2.24) is 4.37 Å². The second-order valence-corrected chi connectivity index (χ2v) is 3.43. The Labute approximate surface area is 64.9 Å². The van der Waals surface area contributed by atoms with Crippen LogP contribution in [0.25, 0.3) is 0 Å². The van der Waals surface area contributed by atoms with Crippen molar-refractivity contribution < 1.29 is 5.11 Å². The van der Waals surface area contributed by atoms with Crippen LogP contribution in [-0.2, 0) is 0 Å². The average Bonchev–Trinajstić information content (AvgIpc) is 1.98. The van der Waals surface area contributed by atoms with Gasteiger partial charge in [-0.05, 0) is 41.0 Å². The molecule has 0 saturated carbocycles. The van der Waals surface area contributed by atoms with E-state index < -0.39 is 0 Å². The highest BCUT2D eigenvalue weighted by atomic mass is 127. The van der Waals surface area contributed by atoms with Gasteiger partial charge in [0.25, 0.3) is 0 Å². The number of aryl methyl sites for hydroxylation is 1. The van der Waals surface area contributed by atoms with Crippen LogP contribution >= 0.6 is 34.1 Å². The van der Waals surface area contributed by atoms with Crippen LogP contribution in [0, 0.1) is 10.5 Å². The van der Waals surface area contributed by atoms with Crippen LogP contribution in [0.2, 0.25) is 0 Å². The maximum Gasteiger partial charge on any atom is 0.236 e. The van der Waals surface area contributed by atoms with Gasteiger partial charge in [0.2, 0.25) is 5.88 Å². The van der Waals surface area contributed by atoms with Gasteiger partial charge in [-0.15, -0.1) is 0 Å². The number of rotatable bonds is 0. The van der Waals surface area contributed by atoms with E-state index in [1.807, 2.05) is 6.92 Å². The maximum atomic E-state index is 8.83. The van der Waals surface area contributed by atoms with E-state index >= 15 is 0 Å². The molecule has 0 aliphatic carbocycles. The molecule has 1 rings (SSSR count). The largest absolute Gasteiger partial charge is 0.492 e. The lowest BCUT2D eigenvalue weighted by Gasteiger charge is -1.80. The van der Waals surface area contributed by atoms with Crippen LogP contribution in [0.3, 0.4) is 0 Å². The lowest BCUT2D eigenvalue weighted by Crippen LogP contribution is -1.65. The van der Waals surface area contributed by atoms with E-state index in [0.29, 0.717) is 0 Å². The molecule has 0 bridgehead atoms. The van der Waals surface area contributed by atoms with Gasteiger partial charge in [0.15, 0.2) is 0 Å². The Morgan fingerprint density at radius 1 is 1.75 bits per heavy atom. The standard InChI is InChI=1S/C4H4INOS/c1-2-3(5)4(7)6-8-2/h1H3,(H,6,7). The molecule has 0 amide bonds.